The molecule has 3 N–H and O–H groups in total. The van der Waals surface area contributed by atoms with Crippen LogP contribution in [0.4, 0.5) is 11.8 Å². The second-order valence-corrected chi connectivity index (χ2v) is 5.11. The molecule has 5 heteroatoms. The van der Waals surface area contributed by atoms with Crippen molar-refractivity contribution in [1.82, 2.24) is 9.97 Å². The summed E-state index contributed by atoms with van der Waals surface area (Å²) in [6.07, 6.45) is 9.44. The zero-order valence-corrected chi connectivity index (χ0v) is 10.8. The molecular formula is C11H17BrN4. The summed E-state index contributed by atoms with van der Waals surface area (Å²) in [5.74, 6) is 1.14. The Labute approximate surface area is 104 Å². The summed E-state index contributed by atoms with van der Waals surface area (Å²) in [5, 5.41) is 3.45. The van der Waals surface area contributed by atoms with Crippen LogP contribution < -0.4 is 11.1 Å². The van der Waals surface area contributed by atoms with E-state index in [1.54, 1.807) is 6.20 Å². The van der Waals surface area contributed by atoms with Crippen LogP contribution in [-0.2, 0) is 0 Å². The Morgan fingerprint density at radius 3 is 2.62 bits per heavy atom. The van der Waals surface area contributed by atoms with Gasteiger partial charge in [0.2, 0.25) is 5.95 Å². The highest BCUT2D eigenvalue weighted by Gasteiger charge is 2.14. The lowest BCUT2D eigenvalue weighted by molar-refractivity contribution is 0.617. The number of aromatic nitrogens is 2. The first-order valence-electron chi connectivity index (χ1n) is 5.80. The predicted molar refractivity (Wildman–Crippen MR) is 69.3 cm³/mol. The molecule has 4 nitrogen and oxygen atoms in total. The predicted octanol–water partition coefficient (Wildman–Crippen LogP) is 2.96. The molecule has 16 heavy (non-hydrogen) atoms. The lowest BCUT2D eigenvalue weighted by Crippen LogP contribution is -2.19. The van der Waals surface area contributed by atoms with Gasteiger partial charge in [-0.1, -0.05) is 25.7 Å². The zero-order valence-electron chi connectivity index (χ0n) is 9.25. The van der Waals surface area contributed by atoms with E-state index in [1.807, 2.05) is 0 Å². The van der Waals surface area contributed by atoms with E-state index in [-0.39, 0.29) is 0 Å². The molecule has 0 radical (unpaired) electrons. The van der Waals surface area contributed by atoms with Crippen molar-refractivity contribution in [3.05, 3.63) is 10.7 Å². The summed E-state index contributed by atoms with van der Waals surface area (Å²) >= 11 is 3.43. The Hall–Kier alpha value is -0.840. The van der Waals surface area contributed by atoms with E-state index in [4.69, 9.17) is 5.73 Å². The van der Waals surface area contributed by atoms with Crippen LogP contribution in [0.2, 0.25) is 0 Å². The fraction of sp³-hybridized carbons (Fsp3) is 0.636. The molecule has 1 heterocycles. The standard InChI is InChI=1S/C11H17BrN4/c12-9-7-14-11(13)16-10(9)15-8-5-3-1-2-4-6-8/h7-8H,1-6H2,(H3,13,14,15,16). The molecule has 88 valence electrons. The van der Waals surface area contributed by atoms with E-state index in [0.717, 1.165) is 10.3 Å². The minimum Gasteiger partial charge on any atom is -0.368 e. The van der Waals surface area contributed by atoms with Crippen LogP contribution >= 0.6 is 15.9 Å². The molecule has 1 aliphatic carbocycles. The summed E-state index contributed by atoms with van der Waals surface area (Å²) in [6, 6.07) is 0.521. The number of hydrogen-bond acceptors (Lipinski definition) is 4. The van der Waals surface area contributed by atoms with Crippen molar-refractivity contribution < 1.29 is 0 Å². The molecule has 1 fully saturated rings. The summed E-state index contributed by atoms with van der Waals surface area (Å²) in [6.45, 7) is 0. The van der Waals surface area contributed by atoms with Crippen molar-refractivity contribution in [2.75, 3.05) is 11.1 Å². The van der Waals surface area contributed by atoms with Gasteiger partial charge in [0.25, 0.3) is 0 Å². The van der Waals surface area contributed by atoms with Crippen LogP contribution in [0.5, 0.6) is 0 Å². The van der Waals surface area contributed by atoms with Crippen LogP contribution in [0.3, 0.4) is 0 Å². The van der Waals surface area contributed by atoms with E-state index in [1.165, 1.54) is 38.5 Å². The molecule has 1 aromatic rings. The lowest BCUT2D eigenvalue weighted by atomic mass is 10.1. The van der Waals surface area contributed by atoms with Crippen molar-refractivity contribution in [3.63, 3.8) is 0 Å². The van der Waals surface area contributed by atoms with Gasteiger partial charge in [-0.15, -0.1) is 0 Å². The van der Waals surface area contributed by atoms with Crippen molar-refractivity contribution in [2.45, 2.75) is 44.6 Å². The second kappa shape index (κ2) is 5.48. The molecule has 1 saturated carbocycles. The van der Waals surface area contributed by atoms with Crippen LogP contribution in [0, 0.1) is 0 Å². The van der Waals surface area contributed by atoms with Gasteiger partial charge in [0, 0.05) is 12.2 Å². The Bertz CT molecular complexity index is 348. The minimum atomic E-state index is 0.319. The maximum Gasteiger partial charge on any atom is 0.221 e. The molecule has 0 amide bonds. The van der Waals surface area contributed by atoms with Crippen LogP contribution in [0.15, 0.2) is 10.7 Å². The summed E-state index contributed by atoms with van der Waals surface area (Å²) in [5.41, 5.74) is 5.58. The molecular weight excluding hydrogens is 268 g/mol. The lowest BCUT2D eigenvalue weighted by Gasteiger charge is -2.17. The topological polar surface area (TPSA) is 63.8 Å². The Morgan fingerprint density at radius 2 is 1.94 bits per heavy atom. The maximum atomic E-state index is 5.58. The van der Waals surface area contributed by atoms with E-state index in [2.05, 4.69) is 31.2 Å². The van der Waals surface area contributed by atoms with Crippen molar-refractivity contribution in [3.8, 4) is 0 Å². The van der Waals surface area contributed by atoms with E-state index in [0.29, 0.717) is 12.0 Å². The average molecular weight is 285 g/mol. The highest BCUT2D eigenvalue weighted by molar-refractivity contribution is 9.10. The normalized spacial score (nSPS) is 18.1. The van der Waals surface area contributed by atoms with Gasteiger partial charge in [-0.05, 0) is 28.8 Å². The molecule has 0 unspecified atom stereocenters. The quantitative estimate of drug-likeness (QED) is 0.820. The molecule has 0 spiro atoms. The van der Waals surface area contributed by atoms with Crippen molar-refractivity contribution >= 4 is 27.7 Å². The third-order valence-electron chi connectivity index (χ3n) is 2.96. The van der Waals surface area contributed by atoms with Gasteiger partial charge in [-0.25, -0.2) is 4.98 Å². The zero-order chi connectivity index (χ0) is 11.4. The molecule has 0 saturated heterocycles. The van der Waals surface area contributed by atoms with Gasteiger partial charge < -0.3 is 11.1 Å². The van der Waals surface area contributed by atoms with Crippen LogP contribution in [0.1, 0.15) is 38.5 Å². The van der Waals surface area contributed by atoms with Gasteiger partial charge in [0.05, 0.1) is 4.47 Å². The fourth-order valence-electron chi connectivity index (χ4n) is 2.10. The Balaban J connectivity index is 2.04. The molecule has 0 bridgehead atoms. The fourth-order valence-corrected chi connectivity index (χ4v) is 2.40. The number of rotatable bonds is 2. The van der Waals surface area contributed by atoms with E-state index >= 15 is 0 Å². The number of anilines is 2. The largest absolute Gasteiger partial charge is 0.368 e. The maximum absolute atomic E-state index is 5.58. The van der Waals surface area contributed by atoms with Crippen molar-refractivity contribution in [1.29, 1.82) is 0 Å². The Morgan fingerprint density at radius 1 is 1.25 bits per heavy atom. The first-order valence-corrected chi connectivity index (χ1v) is 6.59. The number of hydrogen-bond donors (Lipinski definition) is 2. The number of nitrogens with one attached hydrogen (secondary N) is 1. The molecule has 2 rings (SSSR count). The summed E-state index contributed by atoms with van der Waals surface area (Å²) in [4.78, 5) is 8.14. The third-order valence-corrected chi connectivity index (χ3v) is 3.54. The molecule has 0 aromatic carbocycles. The van der Waals surface area contributed by atoms with E-state index < -0.39 is 0 Å². The van der Waals surface area contributed by atoms with Gasteiger partial charge in [0.15, 0.2) is 0 Å². The highest BCUT2D eigenvalue weighted by Crippen LogP contribution is 2.24. The Kier molecular flexibility index (Phi) is 3.98. The van der Waals surface area contributed by atoms with E-state index in [9.17, 15) is 0 Å². The minimum absolute atomic E-state index is 0.319. The number of halogens is 1. The second-order valence-electron chi connectivity index (χ2n) is 4.26. The van der Waals surface area contributed by atoms with Crippen LogP contribution in [0.25, 0.3) is 0 Å². The van der Waals surface area contributed by atoms with Crippen molar-refractivity contribution in [2.24, 2.45) is 0 Å². The molecule has 0 atom stereocenters. The highest BCUT2D eigenvalue weighted by atomic mass is 79.9. The van der Waals surface area contributed by atoms with Gasteiger partial charge in [0.1, 0.15) is 5.82 Å². The van der Waals surface area contributed by atoms with Gasteiger partial charge in [-0.3, -0.25) is 0 Å². The monoisotopic (exact) mass is 284 g/mol. The smallest absolute Gasteiger partial charge is 0.221 e. The third kappa shape index (κ3) is 3.07. The average Bonchev–Trinajstić information content (AvgIpc) is 2.52. The number of nitrogens with zero attached hydrogens (tertiary/aromatic N) is 2. The number of nitrogen functional groups attached to an aromatic ring is 1. The summed E-state index contributed by atoms with van der Waals surface area (Å²) < 4.78 is 0.881. The first kappa shape index (κ1) is 11.6. The van der Waals surface area contributed by atoms with Crippen LogP contribution in [-0.4, -0.2) is 16.0 Å². The molecule has 1 aromatic heterocycles. The molecule has 1 aliphatic rings. The first-order chi connectivity index (χ1) is 7.75. The van der Waals surface area contributed by atoms with Gasteiger partial charge >= 0.3 is 0 Å². The van der Waals surface area contributed by atoms with Gasteiger partial charge in [-0.2, -0.15) is 4.98 Å². The SMILES string of the molecule is Nc1ncc(Br)c(NC2CCCCCC2)n1. The summed E-state index contributed by atoms with van der Waals surface area (Å²) in [7, 11) is 0. The number of nitrogens with two attached hydrogens (primary N) is 1. The molecule has 0 aliphatic heterocycles.